The summed E-state index contributed by atoms with van der Waals surface area (Å²) in [4.78, 5) is 0. The fraction of sp³-hybridized carbons (Fsp3) is 0.333. The molecule has 0 amide bonds. The number of benzene rings is 1. The molecule has 0 aromatic heterocycles. The zero-order chi connectivity index (χ0) is 9.68. The molecule has 2 N–H and O–H groups in total. The zero-order valence-electron chi connectivity index (χ0n) is 7.70. The molecular formula is C9H13NO3. The van der Waals surface area contributed by atoms with E-state index >= 15 is 0 Å². The molecule has 13 heavy (non-hydrogen) atoms. The highest BCUT2D eigenvalue weighted by Crippen LogP contribution is 2.22. The summed E-state index contributed by atoms with van der Waals surface area (Å²) in [5.74, 6) is 1.43. The van der Waals surface area contributed by atoms with E-state index in [-0.39, 0.29) is 0 Å². The first-order valence-electron chi connectivity index (χ1n) is 3.89. The van der Waals surface area contributed by atoms with Crippen LogP contribution in [0.4, 0.5) is 0 Å². The van der Waals surface area contributed by atoms with E-state index in [0.29, 0.717) is 18.0 Å². The summed E-state index contributed by atoms with van der Waals surface area (Å²) < 4.78 is 10.1. The van der Waals surface area contributed by atoms with Crippen molar-refractivity contribution in [1.29, 1.82) is 0 Å². The number of ether oxygens (including phenoxy) is 2. The molecule has 0 aliphatic carbocycles. The van der Waals surface area contributed by atoms with Gasteiger partial charge in [-0.15, -0.1) is 0 Å². The van der Waals surface area contributed by atoms with E-state index in [4.69, 9.17) is 14.7 Å². The quantitative estimate of drug-likeness (QED) is 0.688. The van der Waals surface area contributed by atoms with Crippen LogP contribution in [0.25, 0.3) is 0 Å². The molecular weight excluding hydrogens is 170 g/mol. The minimum Gasteiger partial charge on any atom is -0.497 e. The van der Waals surface area contributed by atoms with Crippen molar-refractivity contribution in [2.24, 2.45) is 0 Å². The Kier molecular flexibility index (Phi) is 3.54. The second kappa shape index (κ2) is 4.69. The number of rotatable bonds is 4. The first kappa shape index (κ1) is 9.83. The van der Waals surface area contributed by atoms with Crippen LogP contribution < -0.4 is 15.0 Å². The minimum absolute atomic E-state index is 0.369. The second-order valence-corrected chi connectivity index (χ2v) is 2.56. The third-order valence-electron chi connectivity index (χ3n) is 1.69. The van der Waals surface area contributed by atoms with Gasteiger partial charge in [0.25, 0.3) is 0 Å². The molecule has 0 unspecified atom stereocenters. The molecule has 0 aliphatic heterocycles. The summed E-state index contributed by atoms with van der Waals surface area (Å²) in [6, 6.07) is 5.43. The van der Waals surface area contributed by atoms with Gasteiger partial charge in [0.05, 0.1) is 14.2 Å². The number of nitrogens with one attached hydrogen (secondary N) is 1. The molecule has 1 aromatic rings. The van der Waals surface area contributed by atoms with Crippen LogP contribution in [0.3, 0.4) is 0 Å². The molecule has 0 radical (unpaired) electrons. The smallest absolute Gasteiger partial charge is 0.122 e. The summed E-state index contributed by atoms with van der Waals surface area (Å²) >= 11 is 0. The van der Waals surface area contributed by atoms with Gasteiger partial charge >= 0.3 is 0 Å². The summed E-state index contributed by atoms with van der Waals surface area (Å²) in [6.07, 6.45) is 0. The summed E-state index contributed by atoms with van der Waals surface area (Å²) in [6.45, 7) is 0.369. The van der Waals surface area contributed by atoms with Gasteiger partial charge in [-0.3, -0.25) is 0 Å². The lowest BCUT2D eigenvalue weighted by Crippen LogP contribution is -2.06. The van der Waals surface area contributed by atoms with E-state index in [1.807, 2.05) is 12.1 Å². The molecule has 4 nitrogen and oxygen atoms in total. The molecule has 0 spiro atoms. The van der Waals surface area contributed by atoms with E-state index in [1.54, 1.807) is 20.3 Å². The van der Waals surface area contributed by atoms with Gasteiger partial charge in [0.15, 0.2) is 0 Å². The topological polar surface area (TPSA) is 50.7 Å². The normalized spacial score (nSPS) is 9.77. The number of hydrogen-bond donors (Lipinski definition) is 2. The van der Waals surface area contributed by atoms with Crippen LogP contribution in [0.1, 0.15) is 5.56 Å². The van der Waals surface area contributed by atoms with Crippen LogP contribution in [0.5, 0.6) is 11.5 Å². The predicted molar refractivity (Wildman–Crippen MR) is 48.2 cm³/mol. The SMILES string of the molecule is COc1cc(CNO)cc(OC)c1. The Morgan fingerprint density at radius 2 is 1.69 bits per heavy atom. The third kappa shape index (κ3) is 2.61. The van der Waals surface area contributed by atoms with Crippen LogP contribution in [0, 0.1) is 0 Å². The molecule has 0 heterocycles. The van der Waals surface area contributed by atoms with E-state index in [2.05, 4.69) is 5.48 Å². The van der Waals surface area contributed by atoms with Crippen LogP contribution in [0.2, 0.25) is 0 Å². The summed E-state index contributed by atoms with van der Waals surface area (Å²) in [5.41, 5.74) is 2.98. The van der Waals surface area contributed by atoms with Gasteiger partial charge < -0.3 is 14.7 Å². The van der Waals surface area contributed by atoms with Crippen molar-refractivity contribution in [3.05, 3.63) is 23.8 Å². The number of hydrogen-bond acceptors (Lipinski definition) is 4. The van der Waals surface area contributed by atoms with Crippen molar-refractivity contribution < 1.29 is 14.7 Å². The fourth-order valence-corrected chi connectivity index (χ4v) is 1.06. The lowest BCUT2D eigenvalue weighted by molar-refractivity contribution is 0.161. The molecule has 0 fully saturated rings. The van der Waals surface area contributed by atoms with E-state index in [1.165, 1.54) is 0 Å². The lowest BCUT2D eigenvalue weighted by Gasteiger charge is -2.07. The Morgan fingerprint density at radius 1 is 1.15 bits per heavy atom. The molecule has 0 bridgehead atoms. The zero-order valence-corrected chi connectivity index (χ0v) is 7.70. The van der Waals surface area contributed by atoms with Crippen molar-refractivity contribution in [3.63, 3.8) is 0 Å². The van der Waals surface area contributed by atoms with Crippen molar-refractivity contribution in [2.75, 3.05) is 14.2 Å². The first-order chi connectivity index (χ1) is 6.30. The van der Waals surface area contributed by atoms with E-state index in [9.17, 15) is 0 Å². The Morgan fingerprint density at radius 3 is 2.08 bits per heavy atom. The van der Waals surface area contributed by atoms with Crippen LogP contribution >= 0.6 is 0 Å². The van der Waals surface area contributed by atoms with Gasteiger partial charge in [-0.05, 0) is 17.7 Å². The molecule has 0 saturated carbocycles. The van der Waals surface area contributed by atoms with Gasteiger partial charge in [0, 0.05) is 12.6 Å². The lowest BCUT2D eigenvalue weighted by atomic mass is 10.2. The first-order valence-corrected chi connectivity index (χ1v) is 3.89. The van der Waals surface area contributed by atoms with Crippen LogP contribution in [-0.4, -0.2) is 19.4 Å². The maximum atomic E-state index is 8.52. The highest BCUT2D eigenvalue weighted by atomic mass is 16.5. The average Bonchev–Trinajstić information content (AvgIpc) is 2.17. The highest BCUT2D eigenvalue weighted by Gasteiger charge is 2.00. The van der Waals surface area contributed by atoms with Crippen molar-refractivity contribution >= 4 is 0 Å². The molecule has 4 heteroatoms. The van der Waals surface area contributed by atoms with Gasteiger partial charge in [-0.25, -0.2) is 5.48 Å². The predicted octanol–water partition coefficient (Wildman–Crippen LogP) is 1.18. The van der Waals surface area contributed by atoms with Crippen molar-refractivity contribution in [2.45, 2.75) is 6.54 Å². The summed E-state index contributed by atoms with van der Waals surface area (Å²) in [5, 5.41) is 8.52. The Labute approximate surface area is 77.1 Å². The maximum absolute atomic E-state index is 8.52. The standard InChI is InChI=1S/C9H13NO3/c1-12-8-3-7(6-10-11)4-9(5-8)13-2/h3-5,10-11H,6H2,1-2H3. The van der Waals surface area contributed by atoms with Crippen LogP contribution in [0.15, 0.2) is 18.2 Å². The monoisotopic (exact) mass is 183 g/mol. The number of hydroxylamine groups is 1. The van der Waals surface area contributed by atoms with Gasteiger partial charge in [0.1, 0.15) is 11.5 Å². The van der Waals surface area contributed by atoms with E-state index in [0.717, 1.165) is 5.56 Å². The Bertz CT molecular complexity index is 253. The van der Waals surface area contributed by atoms with Crippen molar-refractivity contribution in [3.8, 4) is 11.5 Å². The maximum Gasteiger partial charge on any atom is 0.122 e. The third-order valence-corrected chi connectivity index (χ3v) is 1.69. The number of methoxy groups -OCH3 is 2. The summed E-state index contributed by atoms with van der Waals surface area (Å²) in [7, 11) is 3.18. The van der Waals surface area contributed by atoms with Gasteiger partial charge in [0.2, 0.25) is 0 Å². The van der Waals surface area contributed by atoms with Gasteiger partial charge in [-0.2, -0.15) is 0 Å². The Balaban J connectivity index is 2.93. The molecule has 1 aromatic carbocycles. The Hall–Kier alpha value is -1.26. The second-order valence-electron chi connectivity index (χ2n) is 2.56. The highest BCUT2D eigenvalue weighted by molar-refractivity contribution is 5.38. The van der Waals surface area contributed by atoms with Crippen LogP contribution in [-0.2, 0) is 6.54 Å². The van der Waals surface area contributed by atoms with Crippen molar-refractivity contribution in [1.82, 2.24) is 5.48 Å². The molecule has 72 valence electrons. The molecule has 0 atom stereocenters. The largest absolute Gasteiger partial charge is 0.497 e. The molecule has 0 saturated heterocycles. The fourth-order valence-electron chi connectivity index (χ4n) is 1.06. The van der Waals surface area contributed by atoms with Gasteiger partial charge in [-0.1, -0.05) is 0 Å². The molecule has 0 aliphatic rings. The molecule has 1 rings (SSSR count). The van der Waals surface area contributed by atoms with E-state index < -0.39 is 0 Å². The minimum atomic E-state index is 0.369. The average molecular weight is 183 g/mol.